The van der Waals surface area contributed by atoms with Crippen molar-refractivity contribution in [1.82, 2.24) is 0 Å². The van der Waals surface area contributed by atoms with E-state index in [0.29, 0.717) is 5.57 Å². The van der Waals surface area contributed by atoms with E-state index in [1.165, 1.54) is 12.2 Å². The SMILES string of the molecule is C[C@]12C=CC(=O)C=C1[C@@H](F)C[C@H]1[C@@H]3C[C@@H](O)[C@](O)(C(=O)CO)[C@@]3(C)C[C@H](O)[C@@]12Br. The highest BCUT2D eigenvalue weighted by Crippen LogP contribution is 2.71. The molecular weight excluding hydrogens is 447 g/mol. The predicted molar refractivity (Wildman–Crippen MR) is 105 cm³/mol. The maximum Gasteiger partial charge on any atom is 0.192 e. The second-order valence-corrected chi connectivity index (χ2v) is 10.8. The van der Waals surface area contributed by atoms with Crippen LogP contribution in [0.15, 0.2) is 23.8 Å². The molecule has 4 rings (SSSR count). The lowest BCUT2D eigenvalue weighted by Crippen LogP contribution is -2.70. The number of hydrogen-bond donors (Lipinski definition) is 4. The summed E-state index contributed by atoms with van der Waals surface area (Å²) >= 11 is 3.74. The topological polar surface area (TPSA) is 115 Å². The molecule has 9 atom stereocenters. The molecule has 3 saturated carbocycles. The summed E-state index contributed by atoms with van der Waals surface area (Å²) in [6.07, 6.45) is 0.340. The van der Waals surface area contributed by atoms with Gasteiger partial charge in [-0.1, -0.05) is 35.9 Å². The Morgan fingerprint density at radius 2 is 1.90 bits per heavy atom. The van der Waals surface area contributed by atoms with Crippen LogP contribution in [0.25, 0.3) is 0 Å². The van der Waals surface area contributed by atoms with Gasteiger partial charge in [0.1, 0.15) is 12.8 Å². The van der Waals surface area contributed by atoms with E-state index in [2.05, 4.69) is 15.9 Å². The first-order valence-electron chi connectivity index (χ1n) is 9.88. The van der Waals surface area contributed by atoms with E-state index < -0.39 is 63.4 Å². The number of Topliss-reactive ketones (excluding diaryl/α,β-unsaturated/α-hetero) is 1. The summed E-state index contributed by atoms with van der Waals surface area (Å²) in [7, 11) is 0. The largest absolute Gasteiger partial charge is 0.392 e. The van der Waals surface area contributed by atoms with Gasteiger partial charge in [0, 0.05) is 10.8 Å². The van der Waals surface area contributed by atoms with Crippen LogP contribution in [0.3, 0.4) is 0 Å². The van der Waals surface area contributed by atoms with Gasteiger partial charge in [-0.25, -0.2) is 4.39 Å². The van der Waals surface area contributed by atoms with Crippen molar-refractivity contribution in [2.45, 2.75) is 61.4 Å². The number of halogens is 2. The Bertz CT molecular complexity index is 843. The van der Waals surface area contributed by atoms with Crippen molar-refractivity contribution in [2.24, 2.45) is 22.7 Å². The van der Waals surface area contributed by atoms with E-state index in [4.69, 9.17) is 0 Å². The van der Waals surface area contributed by atoms with E-state index >= 15 is 4.39 Å². The van der Waals surface area contributed by atoms with Crippen LogP contribution in [-0.4, -0.2) is 66.9 Å². The minimum absolute atomic E-state index is 0.0127. The third-order valence-electron chi connectivity index (χ3n) is 8.42. The molecule has 0 aromatic carbocycles. The number of ketones is 2. The van der Waals surface area contributed by atoms with Crippen LogP contribution >= 0.6 is 15.9 Å². The minimum atomic E-state index is -2.22. The second kappa shape index (κ2) is 6.29. The Balaban J connectivity index is 1.87. The molecule has 0 radical (unpaired) electrons. The average molecular weight is 473 g/mol. The number of carbonyl (C=O) groups is 2. The first kappa shape index (κ1) is 21.3. The normalized spacial score (nSPS) is 53.7. The van der Waals surface area contributed by atoms with Crippen molar-refractivity contribution in [3.05, 3.63) is 23.8 Å². The molecule has 4 N–H and O–H groups in total. The highest BCUT2D eigenvalue weighted by atomic mass is 79.9. The summed E-state index contributed by atoms with van der Waals surface area (Å²) in [5.41, 5.74) is -4.14. The molecule has 4 aliphatic rings. The maximum atomic E-state index is 15.3. The first-order chi connectivity index (χ1) is 13.4. The van der Waals surface area contributed by atoms with Crippen LogP contribution in [0.4, 0.5) is 4.39 Å². The molecule has 160 valence electrons. The highest BCUT2D eigenvalue weighted by molar-refractivity contribution is 9.10. The Hall–Kier alpha value is -0.930. The van der Waals surface area contributed by atoms with Gasteiger partial charge >= 0.3 is 0 Å². The lowest BCUT2D eigenvalue weighted by Gasteiger charge is -2.64. The van der Waals surface area contributed by atoms with Crippen molar-refractivity contribution in [3.63, 3.8) is 0 Å². The summed E-state index contributed by atoms with van der Waals surface area (Å²) in [4.78, 5) is 24.3. The number of hydrogen-bond acceptors (Lipinski definition) is 6. The summed E-state index contributed by atoms with van der Waals surface area (Å²) < 4.78 is 14.3. The van der Waals surface area contributed by atoms with E-state index in [1.807, 2.05) is 0 Å². The molecule has 0 amide bonds. The van der Waals surface area contributed by atoms with Gasteiger partial charge in [-0.2, -0.15) is 0 Å². The van der Waals surface area contributed by atoms with Crippen LogP contribution in [0, 0.1) is 22.7 Å². The molecule has 29 heavy (non-hydrogen) atoms. The molecule has 0 aromatic rings. The number of aliphatic hydroxyl groups excluding tert-OH is 3. The van der Waals surface area contributed by atoms with Gasteiger partial charge in [-0.3, -0.25) is 9.59 Å². The van der Waals surface area contributed by atoms with Crippen molar-refractivity contribution in [3.8, 4) is 0 Å². The van der Waals surface area contributed by atoms with Gasteiger partial charge in [0.25, 0.3) is 0 Å². The fourth-order valence-electron chi connectivity index (χ4n) is 6.84. The Morgan fingerprint density at radius 3 is 2.52 bits per heavy atom. The molecule has 3 fully saturated rings. The second-order valence-electron chi connectivity index (χ2n) is 9.46. The summed E-state index contributed by atoms with van der Waals surface area (Å²) in [5, 5.41) is 42.6. The lowest BCUT2D eigenvalue weighted by atomic mass is 9.45. The van der Waals surface area contributed by atoms with Crippen molar-refractivity contribution < 1.29 is 34.4 Å². The summed E-state index contributed by atoms with van der Waals surface area (Å²) in [5.74, 6) is -2.21. The van der Waals surface area contributed by atoms with E-state index in [-0.39, 0.29) is 25.0 Å². The molecule has 0 spiro atoms. The average Bonchev–Trinajstić information content (AvgIpc) is 2.86. The van der Waals surface area contributed by atoms with Gasteiger partial charge in [0.2, 0.25) is 0 Å². The third-order valence-corrected chi connectivity index (χ3v) is 10.4. The molecule has 0 heterocycles. The van der Waals surface area contributed by atoms with Crippen LogP contribution in [0.2, 0.25) is 0 Å². The number of alkyl halides is 2. The number of allylic oxidation sites excluding steroid dienone is 4. The van der Waals surface area contributed by atoms with E-state index in [0.717, 1.165) is 0 Å². The van der Waals surface area contributed by atoms with E-state index in [1.54, 1.807) is 19.9 Å². The number of carbonyl (C=O) groups excluding carboxylic acids is 2. The number of fused-ring (bicyclic) bond motifs is 5. The van der Waals surface area contributed by atoms with Gasteiger partial charge < -0.3 is 20.4 Å². The highest BCUT2D eigenvalue weighted by Gasteiger charge is 2.75. The standard InChI is InChI=1S/C21H26BrFO6/c1-18-4-3-10(25)5-13(18)14(23)6-12-11-7-15(26)21(29,17(28)9-24)19(11,2)8-16(27)20(12,18)22/h3-5,11-12,14-16,24,26-27,29H,6-9H2,1-2H3/t11-,12-,14-,15+,16-,18-,19-,20-,21-/m0/s1. The summed E-state index contributed by atoms with van der Waals surface area (Å²) in [6, 6.07) is 0. The molecule has 4 aliphatic carbocycles. The van der Waals surface area contributed by atoms with Gasteiger partial charge in [0.15, 0.2) is 17.2 Å². The van der Waals surface area contributed by atoms with Crippen molar-refractivity contribution in [1.29, 1.82) is 0 Å². The minimum Gasteiger partial charge on any atom is -0.392 e. The number of rotatable bonds is 2. The Labute approximate surface area is 176 Å². The molecule has 0 saturated heterocycles. The van der Waals surface area contributed by atoms with Crippen LogP contribution in [-0.2, 0) is 9.59 Å². The van der Waals surface area contributed by atoms with Crippen LogP contribution < -0.4 is 0 Å². The van der Waals surface area contributed by atoms with Gasteiger partial charge in [-0.15, -0.1) is 0 Å². The quantitative estimate of drug-likeness (QED) is 0.445. The molecule has 8 heteroatoms. The maximum absolute atomic E-state index is 15.3. The first-order valence-corrected chi connectivity index (χ1v) is 10.7. The van der Waals surface area contributed by atoms with Gasteiger partial charge in [-0.05, 0) is 48.8 Å². The fourth-order valence-corrected chi connectivity index (χ4v) is 7.87. The molecule has 6 nitrogen and oxygen atoms in total. The molecular formula is C21H26BrFO6. The molecule has 0 bridgehead atoms. The predicted octanol–water partition coefficient (Wildman–Crippen LogP) is 0.994. The third kappa shape index (κ3) is 2.30. The van der Waals surface area contributed by atoms with Crippen molar-refractivity contribution >= 4 is 27.5 Å². The smallest absolute Gasteiger partial charge is 0.192 e. The zero-order valence-electron chi connectivity index (χ0n) is 16.3. The Morgan fingerprint density at radius 1 is 1.24 bits per heavy atom. The summed E-state index contributed by atoms with van der Waals surface area (Å²) in [6.45, 7) is 2.47. The number of aliphatic hydroxyl groups is 4. The zero-order valence-corrected chi connectivity index (χ0v) is 17.9. The monoisotopic (exact) mass is 472 g/mol. The fraction of sp³-hybridized carbons (Fsp3) is 0.714. The van der Waals surface area contributed by atoms with E-state index in [9.17, 15) is 30.0 Å². The van der Waals surface area contributed by atoms with Crippen LogP contribution in [0.5, 0.6) is 0 Å². The Kier molecular flexibility index (Phi) is 4.62. The lowest BCUT2D eigenvalue weighted by molar-refractivity contribution is -0.186. The van der Waals surface area contributed by atoms with Crippen LogP contribution in [0.1, 0.15) is 33.1 Å². The van der Waals surface area contributed by atoms with Crippen molar-refractivity contribution in [2.75, 3.05) is 6.61 Å². The zero-order chi connectivity index (χ0) is 21.6. The molecule has 0 aromatic heterocycles. The molecule has 0 unspecified atom stereocenters. The van der Waals surface area contributed by atoms with Gasteiger partial charge in [0.05, 0.1) is 16.5 Å². The molecule has 0 aliphatic heterocycles.